The maximum absolute atomic E-state index is 13.0. The molecule has 8 heteroatoms. The van der Waals surface area contributed by atoms with E-state index in [2.05, 4.69) is 9.97 Å². The number of nitrogens with zero attached hydrogens (tertiary/aromatic N) is 3. The number of aromatic nitrogens is 3. The summed E-state index contributed by atoms with van der Waals surface area (Å²) in [4.78, 5) is 8.62. The zero-order chi connectivity index (χ0) is 20.4. The highest BCUT2D eigenvalue weighted by molar-refractivity contribution is 7.90. The number of methoxy groups -OCH3 is 1. The molecule has 0 fully saturated rings. The first kappa shape index (κ1) is 19.4. The molecule has 0 unspecified atom stereocenters. The third-order valence-corrected chi connectivity index (χ3v) is 6.87. The summed E-state index contributed by atoms with van der Waals surface area (Å²) in [6.45, 7) is 1.96. The predicted octanol–water partition coefficient (Wildman–Crippen LogP) is 4.29. The van der Waals surface area contributed by atoms with E-state index in [0.29, 0.717) is 5.69 Å². The second-order valence-corrected chi connectivity index (χ2v) is 9.29. The monoisotopic (exact) mass is 425 g/mol. The highest BCUT2D eigenvalue weighted by atomic mass is 32.2. The van der Waals surface area contributed by atoms with E-state index in [4.69, 9.17) is 4.74 Å². The first-order valence-electron chi connectivity index (χ1n) is 8.88. The molecule has 0 amide bonds. The zero-order valence-electron chi connectivity index (χ0n) is 15.9. The number of benzene rings is 2. The minimum Gasteiger partial charge on any atom is -0.497 e. The second-order valence-electron chi connectivity index (χ2n) is 6.55. The summed E-state index contributed by atoms with van der Waals surface area (Å²) in [7, 11) is -2.05. The van der Waals surface area contributed by atoms with Crippen LogP contribution in [0, 0.1) is 6.92 Å². The molecule has 0 bridgehead atoms. The van der Waals surface area contributed by atoms with Gasteiger partial charge in [0, 0.05) is 29.0 Å². The van der Waals surface area contributed by atoms with E-state index in [9.17, 15) is 8.42 Å². The van der Waals surface area contributed by atoms with E-state index in [-0.39, 0.29) is 10.9 Å². The van der Waals surface area contributed by atoms with Gasteiger partial charge in [0.15, 0.2) is 0 Å². The molecular formula is C21H19N3O3S2. The zero-order valence-corrected chi connectivity index (χ0v) is 17.6. The number of ether oxygens (including phenoxy) is 1. The van der Waals surface area contributed by atoms with E-state index >= 15 is 0 Å². The lowest BCUT2D eigenvalue weighted by Gasteiger charge is -2.08. The van der Waals surface area contributed by atoms with Crippen molar-refractivity contribution in [2.75, 3.05) is 7.11 Å². The summed E-state index contributed by atoms with van der Waals surface area (Å²) in [6.07, 6.45) is 3.16. The lowest BCUT2D eigenvalue weighted by atomic mass is 10.2. The Morgan fingerprint density at radius 2 is 1.93 bits per heavy atom. The summed E-state index contributed by atoms with van der Waals surface area (Å²) in [5, 5.41) is 2.55. The van der Waals surface area contributed by atoms with Crippen LogP contribution < -0.4 is 4.74 Å². The van der Waals surface area contributed by atoms with Crippen molar-refractivity contribution < 1.29 is 13.2 Å². The fourth-order valence-electron chi connectivity index (χ4n) is 2.99. The Hall–Kier alpha value is -2.97. The average Bonchev–Trinajstić information content (AvgIpc) is 3.38. The van der Waals surface area contributed by atoms with Gasteiger partial charge in [-0.15, -0.1) is 11.3 Å². The number of hydrogen-bond acceptors (Lipinski definition) is 6. The van der Waals surface area contributed by atoms with Gasteiger partial charge < -0.3 is 4.74 Å². The van der Waals surface area contributed by atoms with Crippen molar-refractivity contribution in [3.05, 3.63) is 77.6 Å². The smallest absolute Gasteiger partial charge is 0.232 e. The third kappa shape index (κ3) is 4.08. The molecule has 0 aliphatic carbocycles. The third-order valence-electron chi connectivity index (χ3n) is 4.39. The quantitative estimate of drug-likeness (QED) is 0.461. The predicted molar refractivity (Wildman–Crippen MR) is 113 cm³/mol. The summed E-state index contributed by atoms with van der Waals surface area (Å²) in [5.41, 5.74) is 3.22. The fraction of sp³-hybridized carbons (Fsp3) is 0.143. The number of hydrogen-bond donors (Lipinski definition) is 0. The van der Waals surface area contributed by atoms with Crippen molar-refractivity contribution in [2.24, 2.45) is 0 Å². The molecule has 0 aliphatic heterocycles. The van der Waals surface area contributed by atoms with Gasteiger partial charge in [-0.25, -0.2) is 18.4 Å². The Morgan fingerprint density at radius 3 is 2.66 bits per heavy atom. The maximum atomic E-state index is 13.0. The van der Waals surface area contributed by atoms with E-state index in [1.165, 1.54) is 17.5 Å². The highest BCUT2D eigenvalue weighted by Gasteiger charge is 2.23. The van der Waals surface area contributed by atoms with E-state index in [1.54, 1.807) is 23.3 Å². The molecule has 4 rings (SSSR count). The molecule has 2 aromatic carbocycles. The van der Waals surface area contributed by atoms with Crippen LogP contribution in [-0.2, 0) is 15.6 Å². The van der Waals surface area contributed by atoms with Gasteiger partial charge in [-0.1, -0.05) is 12.1 Å². The van der Waals surface area contributed by atoms with E-state index < -0.39 is 9.84 Å². The molecule has 2 heterocycles. The molecule has 2 aromatic heterocycles. The summed E-state index contributed by atoms with van der Waals surface area (Å²) in [6, 6.07) is 15.1. The Morgan fingerprint density at radius 1 is 1.14 bits per heavy atom. The second kappa shape index (κ2) is 7.81. The molecule has 0 aliphatic rings. The summed E-state index contributed by atoms with van der Waals surface area (Å²) < 4.78 is 32.8. The molecule has 0 radical (unpaired) electrons. The molecule has 0 N–H and O–H groups in total. The van der Waals surface area contributed by atoms with E-state index in [1.807, 2.05) is 55.5 Å². The largest absolute Gasteiger partial charge is 0.497 e. The van der Waals surface area contributed by atoms with Crippen molar-refractivity contribution in [2.45, 2.75) is 17.8 Å². The molecule has 0 saturated heterocycles. The molecule has 4 aromatic rings. The number of aryl methyl sites for hydroxylation is 1. The topological polar surface area (TPSA) is 74.1 Å². The van der Waals surface area contributed by atoms with Crippen molar-refractivity contribution in [1.29, 1.82) is 0 Å². The first-order valence-corrected chi connectivity index (χ1v) is 11.4. The van der Waals surface area contributed by atoms with Crippen LogP contribution in [-0.4, -0.2) is 30.1 Å². The highest BCUT2D eigenvalue weighted by Crippen LogP contribution is 2.27. The van der Waals surface area contributed by atoms with Crippen LogP contribution in [0.2, 0.25) is 0 Å². The number of imidazole rings is 1. The molecule has 29 heavy (non-hydrogen) atoms. The van der Waals surface area contributed by atoms with Crippen LogP contribution in [0.25, 0.3) is 16.3 Å². The minimum atomic E-state index is -3.67. The molecule has 0 spiro atoms. The first-order chi connectivity index (χ1) is 14.0. The van der Waals surface area contributed by atoms with Gasteiger partial charge in [-0.3, -0.25) is 4.57 Å². The van der Waals surface area contributed by atoms with Crippen LogP contribution in [0.4, 0.5) is 0 Å². The average molecular weight is 426 g/mol. The lowest BCUT2D eigenvalue weighted by Crippen LogP contribution is -2.12. The van der Waals surface area contributed by atoms with Gasteiger partial charge in [0.25, 0.3) is 0 Å². The normalized spacial score (nSPS) is 11.5. The van der Waals surface area contributed by atoms with Crippen LogP contribution in [0.1, 0.15) is 11.3 Å². The van der Waals surface area contributed by atoms with Crippen molar-refractivity contribution in [3.63, 3.8) is 0 Å². The molecular weight excluding hydrogens is 406 g/mol. The Balaban J connectivity index is 1.60. The number of rotatable bonds is 6. The number of thiazole rings is 1. The van der Waals surface area contributed by atoms with Crippen molar-refractivity contribution in [3.8, 4) is 22.0 Å². The van der Waals surface area contributed by atoms with Crippen molar-refractivity contribution >= 4 is 21.2 Å². The van der Waals surface area contributed by atoms with Gasteiger partial charge in [0.1, 0.15) is 16.5 Å². The standard InChI is InChI=1S/C21H19N3O3S2/c1-15-4-3-5-18(12-15)24-11-10-22-21(24)29(25,26)14-17-13-28-20(23-17)16-6-8-19(27-2)9-7-16/h3-13H,14H2,1-2H3. The summed E-state index contributed by atoms with van der Waals surface area (Å²) >= 11 is 1.41. The Labute approximate surface area is 173 Å². The van der Waals surface area contributed by atoms with Gasteiger partial charge in [0.05, 0.1) is 12.8 Å². The Kier molecular flexibility index (Phi) is 5.21. The fourth-order valence-corrected chi connectivity index (χ4v) is 5.28. The molecule has 0 saturated carbocycles. The van der Waals surface area contributed by atoms with Crippen LogP contribution >= 0.6 is 11.3 Å². The SMILES string of the molecule is COc1ccc(-c2nc(CS(=O)(=O)c3nccn3-c3cccc(C)c3)cs2)cc1. The maximum Gasteiger partial charge on any atom is 0.232 e. The van der Waals surface area contributed by atoms with Gasteiger partial charge in [0.2, 0.25) is 15.0 Å². The van der Waals surface area contributed by atoms with E-state index in [0.717, 1.165) is 27.6 Å². The van der Waals surface area contributed by atoms with Gasteiger partial charge in [-0.2, -0.15) is 0 Å². The Bertz CT molecular complexity index is 1240. The minimum absolute atomic E-state index is 0.0158. The summed E-state index contributed by atoms with van der Waals surface area (Å²) in [5.74, 6) is 0.554. The van der Waals surface area contributed by atoms with Gasteiger partial charge >= 0.3 is 0 Å². The lowest BCUT2D eigenvalue weighted by molar-refractivity contribution is 0.415. The van der Waals surface area contributed by atoms with Crippen LogP contribution in [0.3, 0.4) is 0 Å². The molecule has 0 atom stereocenters. The number of sulfone groups is 1. The molecule has 148 valence electrons. The molecule has 6 nitrogen and oxygen atoms in total. The van der Waals surface area contributed by atoms with Crippen LogP contribution in [0.15, 0.2) is 71.5 Å². The van der Waals surface area contributed by atoms with Crippen molar-refractivity contribution in [1.82, 2.24) is 14.5 Å². The van der Waals surface area contributed by atoms with Crippen LogP contribution in [0.5, 0.6) is 5.75 Å². The van der Waals surface area contributed by atoms with Gasteiger partial charge in [-0.05, 0) is 48.9 Å².